The minimum absolute atomic E-state index is 0.183. The van der Waals surface area contributed by atoms with Crippen LogP contribution in [0.2, 0.25) is 0 Å². The molecule has 1 saturated carbocycles. The molecule has 4 atom stereocenters. The van der Waals surface area contributed by atoms with Gasteiger partial charge in [0.1, 0.15) is 28.7 Å². The molecule has 0 aromatic heterocycles. The number of aliphatic carboxylic acids is 1. The number of aryl methyl sites for hydroxylation is 2. The Morgan fingerprint density at radius 1 is 0.542 bits per heavy atom. The summed E-state index contributed by atoms with van der Waals surface area (Å²) in [7, 11) is 0. The summed E-state index contributed by atoms with van der Waals surface area (Å²) in [5.74, 6) is -5.51. The van der Waals surface area contributed by atoms with E-state index < -0.39 is 47.4 Å². The first-order valence-corrected chi connectivity index (χ1v) is 20.5. The summed E-state index contributed by atoms with van der Waals surface area (Å²) in [6.07, 6.45) is 4.02. The summed E-state index contributed by atoms with van der Waals surface area (Å²) < 4.78 is 17.8. The van der Waals surface area contributed by atoms with Gasteiger partial charge in [-0.1, -0.05) is 80.6 Å². The maximum absolute atomic E-state index is 14.9. The first-order chi connectivity index (χ1) is 28.7. The normalized spacial score (nSPS) is 17.9. The molecule has 0 saturated heterocycles. The zero-order valence-electron chi connectivity index (χ0n) is 33.5. The zero-order valence-corrected chi connectivity index (χ0v) is 33.5. The quantitative estimate of drug-likeness (QED) is 0.0731. The summed E-state index contributed by atoms with van der Waals surface area (Å²) in [4.78, 5) is 60.1. The molecule has 1 N–H and O–H groups in total. The second-order valence-corrected chi connectivity index (χ2v) is 15.3. The van der Waals surface area contributed by atoms with Crippen molar-refractivity contribution in [2.75, 3.05) is 13.1 Å². The van der Waals surface area contributed by atoms with Crippen LogP contribution in [0.1, 0.15) is 55.4 Å². The van der Waals surface area contributed by atoms with Crippen molar-refractivity contribution in [1.82, 2.24) is 9.80 Å². The van der Waals surface area contributed by atoms with E-state index in [0.717, 1.165) is 36.0 Å². The topological polar surface area (TPSA) is 123 Å². The van der Waals surface area contributed by atoms with Crippen LogP contribution in [0, 0.1) is 23.7 Å². The number of hydrogen-bond acceptors (Lipinski definition) is 7. The van der Waals surface area contributed by atoms with E-state index in [1.807, 2.05) is 135 Å². The highest BCUT2D eigenvalue weighted by atomic mass is 16.5. The predicted octanol–water partition coefficient (Wildman–Crippen LogP) is 9.11. The van der Waals surface area contributed by atoms with Crippen LogP contribution in [0.4, 0.5) is 0 Å². The van der Waals surface area contributed by atoms with Crippen molar-refractivity contribution in [3.8, 4) is 28.7 Å². The number of nitrogens with zero attached hydrogens (tertiary/aromatic N) is 2. The van der Waals surface area contributed by atoms with Crippen molar-refractivity contribution in [2.45, 2.75) is 59.0 Å². The molecule has 2 aliphatic carbocycles. The summed E-state index contributed by atoms with van der Waals surface area (Å²) in [5.41, 5.74) is 3.90. The molecule has 0 bridgehead atoms. The minimum atomic E-state index is -1.46. The number of ether oxygens (including phenoxy) is 3. The molecular weight excluding hydrogens is 745 g/mol. The molecule has 5 aromatic carbocycles. The number of hydrogen-bond donors (Lipinski definition) is 1. The molecule has 5 aromatic rings. The molecule has 0 radical (unpaired) electrons. The lowest BCUT2D eigenvalue weighted by molar-refractivity contribution is -0.186. The number of rotatable bonds is 17. The second-order valence-electron chi connectivity index (χ2n) is 15.3. The van der Waals surface area contributed by atoms with Crippen molar-refractivity contribution in [3.63, 3.8) is 0 Å². The SMILES string of the molecule is CCCN(Cc1ccc(Oc2ccccc2)cc1)C(=O)[C@H]1[C@@H](C(=O)O)[C@H](C(=O)Oc2ccc3c(c2)CCC3)[C@@H]1C(=O)N(CCC)Cc1ccc(Oc2ccccc2)cc1. The van der Waals surface area contributed by atoms with E-state index in [1.165, 1.54) is 5.56 Å². The van der Waals surface area contributed by atoms with Crippen LogP contribution < -0.4 is 14.2 Å². The van der Waals surface area contributed by atoms with Gasteiger partial charge in [-0.15, -0.1) is 0 Å². The fourth-order valence-corrected chi connectivity index (χ4v) is 8.27. The smallest absolute Gasteiger partial charge is 0.316 e. The Bertz CT molecular complexity index is 2230. The van der Waals surface area contributed by atoms with E-state index in [1.54, 1.807) is 15.9 Å². The maximum atomic E-state index is 14.9. The van der Waals surface area contributed by atoms with Gasteiger partial charge in [0.25, 0.3) is 0 Å². The average molecular weight is 795 g/mol. The third-order valence-corrected chi connectivity index (χ3v) is 11.1. The van der Waals surface area contributed by atoms with Crippen LogP contribution in [0.5, 0.6) is 28.7 Å². The number of carboxylic acids is 1. The van der Waals surface area contributed by atoms with Gasteiger partial charge in [0.2, 0.25) is 11.8 Å². The first-order valence-electron chi connectivity index (χ1n) is 20.5. The highest BCUT2D eigenvalue weighted by Crippen LogP contribution is 2.50. The van der Waals surface area contributed by atoms with Gasteiger partial charge in [-0.05, 0) is 115 Å². The molecule has 0 aliphatic heterocycles. The van der Waals surface area contributed by atoms with Gasteiger partial charge in [-0.2, -0.15) is 0 Å². The third-order valence-electron chi connectivity index (χ3n) is 11.1. The molecule has 0 heterocycles. The lowest BCUT2D eigenvalue weighted by atomic mass is 9.55. The van der Waals surface area contributed by atoms with Crippen molar-refractivity contribution >= 4 is 23.8 Å². The van der Waals surface area contributed by atoms with Crippen LogP contribution in [0.15, 0.2) is 127 Å². The Morgan fingerprint density at radius 2 is 0.983 bits per heavy atom. The van der Waals surface area contributed by atoms with Crippen LogP contribution in [0.25, 0.3) is 0 Å². The van der Waals surface area contributed by atoms with Gasteiger partial charge in [0.15, 0.2) is 0 Å². The van der Waals surface area contributed by atoms with Gasteiger partial charge in [-0.25, -0.2) is 0 Å². The molecule has 2 aliphatic rings. The van der Waals surface area contributed by atoms with E-state index >= 15 is 0 Å². The van der Waals surface area contributed by atoms with Crippen molar-refractivity contribution in [3.05, 3.63) is 150 Å². The Morgan fingerprint density at radius 3 is 1.46 bits per heavy atom. The van der Waals surface area contributed by atoms with Crippen LogP contribution in [-0.4, -0.2) is 51.7 Å². The van der Waals surface area contributed by atoms with Gasteiger partial charge < -0.3 is 29.1 Å². The fraction of sp³-hybridized carbons (Fsp3) is 0.306. The Balaban J connectivity index is 1.15. The van der Waals surface area contributed by atoms with Gasteiger partial charge in [0.05, 0.1) is 23.7 Å². The molecular formula is C49H50N2O8. The van der Waals surface area contributed by atoms with Crippen LogP contribution in [0.3, 0.4) is 0 Å². The number of carbonyl (C=O) groups is 4. The number of carbonyl (C=O) groups excluding carboxylic acids is 3. The van der Waals surface area contributed by atoms with E-state index in [0.29, 0.717) is 54.7 Å². The average Bonchev–Trinajstić information content (AvgIpc) is 3.70. The third kappa shape index (κ3) is 9.66. The fourth-order valence-electron chi connectivity index (χ4n) is 8.27. The molecule has 2 amide bonds. The summed E-state index contributed by atoms with van der Waals surface area (Å²) >= 11 is 0. The van der Waals surface area contributed by atoms with Gasteiger partial charge in [0, 0.05) is 26.2 Å². The zero-order chi connectivity index (χ0) is 41.3. The molecule has 304 valence electrons. The van der Waals surface area contributed by atoms with Gasteiger partial charge >= 0.3 is 11.9 Å². The number of amides is 2. The molecule has 10 nitrogen and oxygen atoms in total. The van der Waals surface area contributed by atoms with E-state index in [4.69, 9.17) is 14.2 Å². The van der Waals surface area contributed by atoms with Gasteiger partial charge in [-0.3, -0.25) is 19.2 Å². The second kappa shape index (κ2) is 18.9. The predicted molar refractivity (Wildman–Crippen MR) is 223 cm³/mol. The first kappa shape index (κ1) is 40.8. The van der Waals surface area contributed by atoms with E-state index in [2.05, 4.69) is 0 Å². The number of fused-ring (bicyclic) bond motifs is 1. The Kier molecular flexibility index (Phi) is 13.1. The number of carboxylic acid groups (broad SMARTS) is 1. The summed E-state index contributed by atoms with van der Waals surface area (Å²) in [6.45, 7) is 4.91. The lowest BCUT2D eigenvalue weighted by Crippen LogP contribution is -2.64. The molecule has 0 spiro atoms. The van der Waals surface area contributed by atoms with E-state index in [9.17, 15) is 24.3 Å². The lowest BCUT2D eigenvalue weighted by Gasteiger charge is -2.49. The number of benzene rings is 5. The highest BCUT2D eigenvalue weighted by molar-refractivity contribution is 6.00. The monoisotopic (exact) mass is 794 g/mol. The highest BCUT2D eigenvalue weighted by Gasteiger charge is 2.65. The van der Waals surface area contributed by atoms with Crippen LogP contribution >= 0.6 is 0 Å². The molecule has 59 heavy (non-hydrogen) atoms. The summed E-state index contributed by atoms with van der Waals surface area (Å²) in [5, 5.41) is 10.7. The molecule has 1 fully saturated rings. The Labute approximate surface area is 345 Å². The van der Waals surface area contributed by atoms with Crippen molar-refractivity contribution in [1.29, 1.82) is 0 Å². The molecule has 7 rings (SSSR count). The standard InChI is InChI=1S/C49H50N2O8/c1-3-28-50(31-33-18-23-39(24-19-33)57-37-14-7-5-8-15-37)46(52)42-43(45(44(42)48(54)55)49(56)59-41-27-22-35-12-11-13-36(35)30-41)47(53)51(29-4-2)32-34-20-25-40(26-21-34)58-38-16-9-6-10-17-38/h5-10,14-27,30,42-45H,3-4,11-13,28-29,31-32H2,1-2H3,(H,54,55)/t42-,43-,44-,45-/m1/s1. The molecule has 10 heteroatoms. The largest absolute Gasteiger partial charge is 0.481 e. The Hall–Kier alpha value is -6.42. The van der Waals surface area contributed by atoms with Crippen molar-refractivity contribution in [2.24, 2.45) is 23.7 Å². The summed E-state index contributed by atoms with van der Waals surface area (Å²) in [6, 6.07) is 39.0. The van der Waals surface area contributed by atoms with Crippen LogP contribution in [-0.2, 0) is 45.1 Å². The van der Waals surface area contributed by atoms with E-state index in [-0.39, 0.29) is 13.1 Å². The van der Waals surface area contributed by atoms with Crippen molar-refractivity contribution < 1.29 is 38.5 Å². The maximum Gasteiger partial charge on any atom is 0.316 e. The minimum Gasteiger partial charge on any atom is -0.481 e. The number of para-hydroxylation sites is 2. The number of esters is 1. The molecule has 0 unspecified atom stereocenters.